The van der Waals surface area contributed by atoms with Crippen molar-refractivity contribution >= 4 is 41.5 Å². The number of carbonyl (C=O) groups is 1. The van der Waals surface area contributed by atoms with Crippen molar-refractivity contribution < 1.29 is 4.79 Å². The maximum atomic E-state index is 12.0. The van der Waals surface area contributed by atoms with Crippen LogP contribution in [-0.4, -0.2) is 25.5 Å². The van der Waals surface area contributed by atoms with Crippen LogP contribution in [0.5, 0.6) is 0 Å². The van der Waals surface area contributed by atoms with Crippen molar-refractivity contribution in [2.45, 2.75) is 39.7 Å². The predicted molar refractivity (Wildman–Crippen MR) is 127 cm³/mol. The number of guanidine groups is 1. The molecule has 1 heterocycles. The van der Waals surface area contributed by atoms with E-state index >= 15 is 0 Å². The zero-order valence-electron chi connectivity index (χ0n) is 16.9. The highest BCUT2D eigenvalue weighted by Crippen LogP contribution is 2.31. The van der Waals surface area contributed by atoms with Crippen molar-refractivity contribution in [1.29, 1.82) is 0 Å². The molecule has 0 spiro atoms. The van der Waals surface area contributed by atoms with Crippen molar-refractivity contribution in [3.63, 3.8) is 0 Å². The average molecular weight is 492 g/mol. The van der Waals surface area contributed by atoms with Gasteiger partial charge in [0.25, 0.3) is 0 Å². The van der Waals surface area contributed by atoms with Gasteiger partial charge in [0.1, 0.15) is 0 Å². The molecule has 3 rings (SSSR count). The highest BCUT2D eigenvalue weighted by Gasteiger charge is 2.24. The standard InChI is InChI=1S/C22H28N4O.HI/c1-14-9-15(2)19(16(3)10-14)13-25-22(23-4)24-12-17-11-21(27)26-20-8-6-5-7-18(17)20;/h5-10,17H,11-13H2,1-4H3,(H,26,27)(H2,23,24,25);1H. The Morgan fingerprint density at radius 3 is 2.50 bits per heavy atom. The van der Waals surface area contributed by atoms with Gasteiger partial charge in [0.2, 0.25) is 5.91 Å². The zero-order chi connectivity index (χ0) is 19.4. The lowest BCUT2D eigenvalue weighted by molar-refractivity contribution is -0.116. The van der Waals surface area contributed by atoms with Crippen molar-refractivity contribution in [3.05, 3.63) is 64.2 Å². The third-order valence-corrected chi connectivity index (χ3v) is 5.12. The first kappa shape index (κ1) is 22.2. The summed E-state index contributed by atoms with van der Waals surface area (Å²) in [7, 11) is 1.77. The molecule has 0 saturated carbocycles. The highest BCUT2D eigenvalue weighted by molar-refractivity contribution is 14.0. The van der Waals surface area contributed by atoms with E-state index in [0.29, 0.717) is 13.0 Å². The summed E-state index contributed by atoms with van der Waals surface area (Å²) in [5, 5.41) is 9.72. The number of carbonyl (C=O) groups excluding carboxylic acids is 1. The van der Waals surface area contributed by atoms with E-state index in [1.165, 1.54) is 27.8 Å². The molecular formula is C22H29IN4O. The molecule has 1 unspecified atom stereocenters. The Kier molecular flexibility index (Phi) is 7.86. The van der Waals surface area contributed by atoms with Crippen LogP contribution in [0.3, 0.4) is 0 Å². The van der Waals surface area contributed by atoms with Crippen molar-refractivity contribution in [2.24, 2.45) is 4.99 Å². The summed E-state index contributed by atoms with van der Waals surface area (Å²) < 4.78 is 0. The van der Waals surface area contributed by atoms with Gasteiger partial charge in [-0.3, -0.25) is 9.79 Å². The maximum absolute atomic E-state index is 12.0. The van der Waals surface area contributed by atoms with E-state index in [9.17, 15) is 4.79 Å². The van der Waals surface area contributed by atoms with Crippen LogP contribution < -0.4 is 16.0 Å². The number of hydrogen-bond donors (Lipinski definition) is 3. The fourth-order valence-corrected chi connectivity index (χ4v) is 3.79. The van der Waals surface area contributed by atoms with E-state index < -0.39 is 0 Å². The zero-order valence-corrected chi connectivity index (χ0v) is 19.3. The van der Waals surface area contributed by atoms with Gasteiger partial charge in [-0.2, -0.15) is 0 Å². The number of para-hydroxylation sites is 1. The molecule has 1 amide bonds. The molecule has 6 heteroatoms. The number of hydrogen-bond acceptors (Lipinski definition) is 2. The molecule has 2 aromatic rings. The minimum absolute atomic E-state index is 0. The number of nitrogens with zero attached hydrogens (tertiary/aromatic N) is 1. The fourth-order valence-electron chi connectivity index (χ4n) is 3.79. The first-order valence-electron chi connectivity index (χ1n) is 9.38. The summed E-state index contributed by atoms with van der Waals surface area (Å²) in [5.74, 6) is 0.948. The van der Waals surface area contributed by atoms with Crippen LogP contribution in [0.1, 0.15) is 40.2 Å². The molecule has 0 saturated heterocycles. The smallest absolute Gasteiger partial charge is 0.225 e. The van der Waals surface area contributed by atoms with Crippen LogP contribution in [0, 0.1) is 20.8 Å². The minimum Gasteiger partial charge on any atom is -0.356 e. The van der Waals surface area contributed by atoms with E-state index in [1.54, 1.807) is 7.05 Å². The van der Waals surface area contributed by atoms with Crippen LogP contribution in [0.15, 0.2) is 41.4 Å². The molecule has 28 heavy (non-hydrogen) atoms. The van der Waals surface area contributed by atoms with Crippen LogP contribution in [-0.2, 0) is 11.3 Å². The van der Waals surface area contributed by atoms with Gasteiger partial charge in [-0.05, 0) is 49.1 Å². The Balaban J connectivity index is 0.00000280. The second-order valence-electron chi connectivity index (χ2n) is 7.22. The molecule has 0 bridgehead atoms. The van der Waals surface area contributed by atoms with E-state index in [0.717, 1.165) is 18.2 Å². The number of anilines is 1. The summed E-state index contributed by atoms with van der Waals surface area (Å²) in [6.07, 6.45) is 0.483. The first-order chi connectivity index (χ1) is 13.0. The Morgan fingerprint density at radius 1 is 1.14 bits per heavy atom. The SMILES string of the molecule is CN=C(NCc1c(C)cc(C)cc1C)NCC1CC(=O)Nc2ccccc21.I. The molecule has 0 radical (unpaired) electrons. The second kappa shape index (κ2) is 9.91. The average Bonchev–Trinajstić information content (AvgIpc) is 2.62. The summed E-state index contributed by atoms with van der Waals surface area (Å²) in [4.78, 5) is 16.3. The number of amides is 1. The maximum Gasteiger partial charge on any atom is 0.225 e. The van der Waals surface area contributed by atoms with Crippen molar-refractivity contribution in [1.82, 2.24) is 10.6 Å². The van der Waals surface area contributed by atoms with Crippen molar-refractivity contribution in [2.75, 3.05) is 18.9 Å². The molecule has 0 aliphatic carbocycles. The lowest BCUT2D eigenvalue weighted by atomic mass is 9.90. The molecule has 0 fully saturated rings. The largest absolute Gasteiger partial charge is 0.356 e. The Hall–Kier alpha value is -2.09. The molecule has 1 aliphatic rings. The number of aliphatic imine (C=N–C) groups is 1. The topological polar surface area (TPSA) is 65.5 Å². The Bertz CT molecular complexity index is 856. The van der Waals surface area contributed by atoms with Gasteiger partial charge in [-0.15, -0.1) is 24.0 Å². The number of halogens is 1. The predicted octanol–water partition coefficient (Wildman–Crippen LogP) is 4.02. The third kappa shape index (κ3) is 5.25. The van der Waals surface area contributed by atoms with Crippen LogP contribution in [0.2, 0.25) is 0 Å². The van der Waals surface area contributed by atoms with Gasteiger partial charge in [-0.25, -0.2) is 0 Å². The number of aryl methyl sites for hydroxylation is 3. The molecule has 0 aromatic heterocycles. The number of benzene rings is 2. The first-order valence-corrected chi connectivity index (χ1v) is 9.38. The Labute approximate surface area is 184 Å². The van der Waals surface area contributed by atoms with Crippen LogP contribution >= 0.6 is 24.0 Å². The van der Waals surface area contributed by atoms with Gasteiger partial charge in [-0.1, -0.05) is 35.9 Å². The number of fused-ring (bicyclic) bond motifs is 1. The second-order valence-corrected chi connectivity index (χ2v) is 7.22. The summed E-state index contributed by atoms with van der Waals surface area (Å²) in [6.45, 7) is 7.79. The van der Waals surface area contributed by atoms with E-state index in [2.05, 4.69) is 59.9 Å². The molecule has 3 N–H and O–H groups in total. The van der Waals surface area contributed by atoms with Gasteiger partial charge in [0.05, 0.1) is 0 Å². The summed E-state index contributed by atoms with van der Waals surface area (Å²) >= 11 is 0. The van der Waals surface area contributed by atoms with Crippen LogP contribution in [0.25, 0.3) is 0 Å². The quantitative estimate of drug-likeness (QED) is 0.343. The molecular weight excluding hydrogens is 463 g/mol. The third-order valence-electron chi connectivity index (χ3n) is 5.12. The highest BCUT2D eigenvalue weighted by atomic mass is 127. The van der Waals surface area contributed by atoms with E-state index in [1.807, 2.05) is 18.2 Å². The minimum atomic E-state index is 0. The van der Waals surface area contributed by atoms with Gasteiger partial charge < -0.3 is 16.0 Å². The van der Waals surface area contributed by atoms with Crippen molar-refractivity contribution in [3.8, 4) is 0 Å². The molecule has 5 nitrogen and oxygen atoms in total. The van der Waals surface area contributed by atoms with Gasteiger partial charge >= 0.3 is 0 Å². The number of rotatable bonds is 4. The molecule has 2 aromatic carbocycles. The van der Waals surface area contributed by atoms with Gasteiger partial charge in [0.15, 0.2) is 5.96 Å². The normalized spacial score (nSPS) is 15.9. The van der Waals surface area contributed by atoms with Gasteiger partial charge in [0, 0.05) is 38.2 Å². The van der Waals surface area contributed by atoms with E-state index in [-0.39, 0.29) is 35.8 Å². The Morgan fingerprint density at radius 2 is 1.82 bits per heavy atom. The lowest BCUT2D eigenvalue weighted by Crippen LogP contribution is -2.40. The number of nitrogens with one attached hydrogen (secondary N) is 3. The summed E-state index contributed by atoms with van der Waals surface area (Å²) in [6, 6.07) is 12.4. The molecule has 150 valence electrons. The molecule has 1 aliphatic heterocycles. The fraction of sp³-hybridized carbons (Fsp3) is 0.364. The molecule has 1 atom stereocenters. The monoisotopic (exact) mass is 492 g/mol. The van der Waals surface area contributed by atoms with Crippen LogP contribution in [0.4, 0.5) is 5.69 Å². The lowest BCUT2D eigenvalue weighted by Gasteiger charge is -2.26. The summed E-state index contributed by atoms with van der Waals surface area (Å²) in [5.41, 5.74) is 7.23. The van der Waals surface area contributed by atoms with E-state index in [4.69, 9.17) is 0 Å².